The maximum absolute atomic E-state index is 13.9. The van der Waals surface area contributed by atoms with E-state index in [-0.39, 0.29) is 34.1 Å². The molecule has 11 heteroatoms. The van der Waals surface area contributed by atoms with E-state index >= 15 is 0 Å². The number of phenols is 2. The van der Waals surface area contributed by atoms with Crippen LogP contribution in [-0.2, 0) is 16.0 Å². The average molecular weight is 568 g/mol. The van der Waals surface area contributed by atoms with Crippen LogP contribution in [0, 0.1) is 0 Å². The summed E-state index contributed by atoms with van der Waals surface area (Å²) in [6.07, 6.45) is 2.00. The second kappa shape index (κ2) is 10.3. The van der Waals surface area contributed by atoms with E-state index in [0.29, 0.717) is 6.42 Å². The summed E-state index contributed by atoms with van der Waals surface area (Å²) in [5, 5.41) is 67.6. The molecule has 4 rings (SSSR count). The van der Waals surface area contributed by atoms with Gasteiger partial charge in [0, 0.05) is 18.1 Å². The fraction of sp³-hybridized carbons (Fsp3) is 0.367. The van der Waals surface area contributed by atoms with Gasteiger partial charge in [-0.3, -0.25) is 14.4 Å². The van der Waals surface area contributed by atoms with E-state index < -0.39 is 69.6 Å². The first-order valence-electron chi connectivity index (χ1n) is 12.9. The second-order valence-electron chi connectivity index (χ2n) is 10.8. The molecule has 8 N–H and O–H groups in total. The number of amides is 1. The summed E-state index contributed by atoms with van der Waals surface area (Å²) in [5.74, 6) is -6.84. The van der Waals surface area contributed by atoms with Crippen LogP contribution in [0.5, 0.6) is 17.2 Å². The third kappa shape index (κ3) is 4.37. The molecule has 0 unspecified atom stereocenters. The zero-order valence-electron chi connectivity index (χ0n) is 23.1. The predicted molar refractivity (Wildman–Crippen MR) is 148 cm³/mol. The van der Waals surface area contributed by atoms with E-state index in [0.717, 1.165) is 17.6 Å². The Hall–Kier alpha value is -4.19. The maximum Gasteiger partial charge on any atom is 0.255 e. The Morgan fingerprint density at radius 3 is 2.37 bits per heavy atom. The molecule has 0 radical (unpaired) electrons. The highest BCUT2D eigenvalue weighted by Gasteiger charge is 2.70. The normalized spacial score (nSPS) is 24.3. The summed E-state index contributed by atoms with van der Waals surface area (Å²) in [6.45, 7) is 5.84. The van der Waals surface area contributed by atoms with Crippen molar-refractivity contribution in [3.63, 3.8) is 0 Å². The lowest BCUT2D eigenvalue weighted by molar-refractivity contribution is -0.193. The van der Waals surface area contributed by atoms with Crippen LogP contribution in [0.3, 0.4) is 0 Å². The molecule has 0 fully saturated rings. The van der Waals surface area contributed by atoms with Crippen molar-refractivity contribution in [1.82, 2.24) is 0 Å². The van der Waals surface area contributed by atoms with Gasteiger partial charge >= 0.3 is 0 Å². The number of methoxy groups -OCH3 is 1. The number of rotatable bonds is 7. The molecule has 0 spiro atoms. The van der Waals surface area contributed by atoms with Gasteiger partial charge in [-0.25, -0.2) is 0 Å². The third-order valence-corrected chi connectivity index (χ3v) is 7.91. The molecule has 3 atom stereocenters. The van der Waals surface area contributed by atoms with Crippen molar-refractivity contribution in [3.8, 4) is 17.2 Å². The quantitative estimate of drug-likeness (QED) is 0.192. The van der Waals surface area contributed by atoms with E-state index in [4.69, 9.17) is 10.5 Å². The molecule has 2 aromatic rings. The lowest BCUT2D eigenvalue weighted by Gasteiger charge is -2.50. The number of ether oxygens (including phenoxy) is 1. The van der Waals surface area contributed by atoms with Crippen molar-refractivity contribution in [2.45, 2.75) is 63.8 Å². The summed E-state index contributed by atoms with van der Waals surface area (Å²) in [5.41, 5.74) is -1.09. The largest absolute Gasteiger partial charge is 0.508 e. The van der Waals surface area contributed by atoms with Crippen LogP contribution in [0.25, 0.3) is 10.8 Å². The van der Waals surface area contributed by atoms with Crippen LogP contribution < -0.4 is 10.5 Å². The molecule has 1 amide bonds. The highest BCUT2D eigenvalue weighted by molar-refractivity contribution is 6.24. The summed E-state index contributed by atoms with van der Waals surface area (Å²) in [7, 11) is 1.35. The number of aliphatic hydroxyl groups is 4. The van der Waals surface area contributed by atoms with Gasteiger partial charge in [-0.05, 0) is 57.0 Å². The Balaban J connectivity index is 2.07. The Morgan fingerprint density at radius 2 is 1.78 bits per heavy atom. The molecule has 2 aliphatic rings. The van der Waals surface area contributed by atoms with Gasteiger partial charge in [0.15, 0.2) is 11.5 Å². The molecule has 0 saturated heterocycles. The Bertz CT molecular complexity index is 1600. The highest BCUT2D eigenvalue weighted by atomic mass is 16.5. The van der Waals surface area contributed by atoms with Crippen LogP contribution in [-0.4, -0.2) is 66.4 Å². The predicted octanol–water partition coefficient (Wildman–Crippen LogP) is 2.46. The van der Waals surface area contributed by atoms with Gasteiger partial charge in [-0.15, -0.1) is 0 Å². The summed E-state index contributed by atoms with van der Waals surface area (Å²) in [4.78, 5) is 38.6. The number of fused-ring (bicyclic) bond motifs is 3. The molecule has 2 aliphatic carbocycles. The van der Waals surface area contributed by atoms with Gasteiger partial charge in [0.1, 0.15) is 34.5 Å². The van der Waals surface area contributed by atoms with Gasteiger partial charge in [0.25, 0.3) is 5.91 Å². The van der Waals surface area contributed by atoms with Crippen molar-refractivity contribution in [3.05, 3.63) is 63.5 Å². The maximum atomic E-state index is 13.9. The molecular weight excluding hydrogens is 534 g/mol. The number of hydrogen-bond acceptors (Lipinski definition) is 10. The van der Waals surface area contributed by atoms with E-state index in [1.54, 1.807) is 0 Å². The first kappa shape index (κ1) is 29.8. The first-order chi connectivity index (χ1) is 19.1. The lowest BCUT2D eigenvalue weighted by atomic mass is 9.59. The van der Waals surface area contributed by atoms with Crippen molar-refractivity contribution >= 4 is 28.2 Å². The molecule has 0 saturated carbocycles. The van der Waals surface area contributed by atoms with Crippen LogP contribution in [0.4, 0.5) is 0 Å². The molecule has 2 aromatic carbocycles. The van der Waals surface area contributed by atoms with Gasteiger partial charge in [0.05, 0.1) is 18.1 Å². The monoisotopic (exact) mass is 567 g/mol. The van der Waals surface area contributed by atoms with Gasteiger partial charge < -0.3 is 41.1 Å². The number of phenolic OH excluding ortho intramolecular Hbond substituents is 2. The van der Waals surface area contributed by atoms with Crippen molar-refractivity contribution in [2.24, 2.45) is 5.73 Å². The molecule has 218 valence electrons. The zero-order chi connectivity index (χ0) is 30.6. The number of hydrogen-bond donors (Lipinski definition) is 7. The number of primary amides is 1. The Morgan fingerprint density at radius 1 is 1.12 bits per heavy atom. The molecule has 41 heavy (non-hydrogen) atoms. The molecule has 0 bridgehead atoms. The fourth-order valence-electron chi connectivity index (χ4n) is 5.72. The van der Waals surface area contributed by atoms with Gasteiger partial charge in [-0.2, -0.15) is 0 Å². The fourth-order valence-corrected chi connectivity index (χ4v) is 5.72. The van der Waals surface area contributed by atoms with Crippen LogP contribution in [0.2, 0.25) is 0 Å². The Kier molecular flexibility index (Phi) is 7.50. The topological polar surface area (TPSA) is 208 Å². The number of aliphatic hydroxyl groups excluding tert-OH is 2. The van der Waals surface area contributed by atoms with Crippen LogP contribution >= 0.6 is 0 Å². The zero-order valence-corrected chi connectivity index (χ0v) is 23.1. The first-order valence-corrected chi connectivity index (χ1v) is 12.9. The number of nitrogens with two attached hydrogens (primary N) is 1. The minimum Gasteiger partial charge on any atom is -0.508 e. The standard InChI is InChI=1S/C30H33NO10/c1-13(2)6-5-7-14(3)8-9-16-17-10-15(41-4)11-18(32)20(17)24(34)23-21(16)25(35)29(39)12-19(33)22(28(31)38)26(36)30(29,40)27(23)37/h6,8,10-11,25,32,34-36,39-40H,5,7,9,12H2,1-4H3,(H2,31,38)/b14-8+/t25-,29-,30+/m0/s1. The molecule has 0 heterocycles. The SMILES string of the molecule is COc1cc(O)c2c(O)c3c(c(C/C=C(\C)CCC=C(C)C)c2c1)[C@H](O)[C@@]1(O)CC(=O)C(C(N)=O)=C(O)[C@@]1(O)C3=O. The Labute approximate surface area is 235 Å². The number of Topliss-reactive ketones (excluding diaryl/α,β-unsaturated/α-hetero) is 2. The molecular formula is C30H33NO10. The summed E-state index contributed by atoms with van der Waals surface area (Å²) >= 11 is 0. The number of benzene rings is 2. The van der Waals surface area contributed by atoms with Gasteiger partial charge in [-0.1, -0.05) is 23.3 Å². The van der Waals surface area contributed by atoms with Crippen LogP contribution in [0.1, 0.15) is 67.6 Å². The number of allylic oxidation sites excluding steroid dienone is 4. The molecule has 11 nitrogen and oxygen atoms in total. The summed E-state index contributed by atoms with van der Waals surface area (Å²) in [6, 6.07) is 2.66. The lowest BCUT2D eigenvalue weighted by Crippen LogP contribution is -2.69. The summed E-state index contributed by atoms with van der Waals surface area (Å²) < 4.78 is 5.27. The highest BCUT2D eigenvalue weighted by Crippen LogP contribution is 2.56. The molecule has 0 aromatic heterocycles. The molecule has 0 aliphatic heterocycles. The third-order valence-electron chi connectivity index (χ3n) is 7.91. The van der Waals surface area contributed by atoms with Gasteiger partial charge in [0.2, 0.25) is 11.4 Å². The average Bonchev–Trinajstić information content (AvgIpc) is 2.88. The van der Waals surface area contributed by atoms with Crippen LogP contribution in [0.15, 0.2) is 46.8 Å². The smallest absolute Gasteiger partial charge is 0.255 e. The van der Waals surface area contributed by atoms with E-state index in [1.165, 1.54) is 19.2 Å². The second-order valence-corrected chi connectivity index (χ2v) is 10.8. The number of carbonyl (C=O) groups excluding carboxylic acids is 3. The van der Waals surface area contributed by atoms with Crippen molar-refractivity contribution in [2.75, 3.05) is 7.11 Å². The minimum atomic E-state index is -3.42. The van der Waals surface area contributed by atoms with E-state index in [1.807, 2.05) is 26.8 Å². The number of carbonyl (C=O) groups is 3. The number of aromatic hydroxyl groups is 2. The van der Waals surface area contributed by atoms with E-state index in [2.05, 4.69) is 6.08 Å². The number of ketones is 2. The van der Waals surface area contributed by atoms with E-state index in [9.17, 15) is 45.0 Å². The van der Waals surface area contributed by atoms with Crippen molar-refractivity contribution < 1.29 is 49.8 Å². The van der Waals surface area contributed by atoms with Crippen molar-refractivity contribution in [1.29, 1.82) is 0 Å². The minimum absolute atomic E-state index is 0.0352.